The third-order valence-corrected chi connectivity index (χ3v) is 1.72. The Labute approximate surface area is 77.8 Å². The summed E-state index contributed by atoms with van der Waals surface area (Å²) < 4.78 is 1.62. The predicted octanol–water partition coefficient (Wildman–Crippen LogP) is 1.41. The van der Waals surface area contributed by atoms with E-state index in [0.717, 1.165) is 6.42 Å². The van der Waals surface area contributed by atoms with E-state index < -0.39 is 0 Å². The first-order valence-corrected chi connectivity index (χ1v) is 4.20. The summed E-state index contributed by atoms with van der Waals surface area (Å²) in [6.07, 6.45) is 8.72. The fourth-order valence-corrected chi connectivity index (χ4v) is 1.04. The number of nitrogens with zero attached hydrogens (tertiary/aromatic N) is 2. The van der Waals surface area contributed by atoms with E-state index in [9.17, 15) is 4.79 Å². The second kappa shape index (κ2) is 4.46. The lowest BCUT2D eigenvalue weighted by Crippen LogP contribution is -2.01. The van der Waals surface area contributed by atoms with Gasteiger partial charge in [-0.2, -0.15) is 5.10 Å². The van der Waals surface area contributed by atoms with E-state index in [1.165, 1.54) is 0 Å². The zero-order chi connectivity index (χ0) is 9.68. The van der Waals surface area contributed by atoms with Crippen molar-refractivity contribution in [1.29, 1.82) is 0 Å². The molecule has 0 aliphatic heterocycles. The van der Waals surface area contributed by atoms with Gasteiger partial charge in [0.25, 0.3) is 0 Å². The molecule has 0 aromatic carbocycles. The van der Waals surface area contributed by atoms with E-state index in [1.807, 2.05) is 0 Å². The van der Waals surface area contributed by atoms with Gasteiger partial charge in [-0.1, -0.05) is 0 Å². The molecule has 0 bridgehead atoms. The maximum absolute atomic E-state index is 11.4. The van der Waals surface area contributed by atoms with Crippen molar-refractivity contribution >= 4 is 5.78 Å². The summed E-state index contributed by atoms with van der Waals surface area (Å²) in [5.74, 6) is 2.57. The first kappa shape index (κ1) is 9.53. The molecule has 0 amide bonds. The molecule has 3 heteroatoms. The fraction of sp³-hybridized carbons (Fsp3) is 0.400. The van der Waals surface area contributed by atoms with Crippen LogP contribution in [0, 0.1) is 12.3 Å². The number of ketones is 1. The van der Waals surface area contributed by atoms with Crippen molar-refractivity contribution in [2.45, 2.75) is 19.3 Å². The number of hydrogen-bond acceptors (Lipinski definition) is 2. The molecule has 0 radical (unpaired) electrons. The molecule has 68 valence electrons. The highest BCUT2D eigenvalue weighted by molar-refractivity contribution is 5.94. The van der Waals surface area contributed by atoms with Crippen LogP contribution < -0.4 is 0 Å². The Kier molecular flexibility index (Phi) is 3.27. The van der Waals surface area contributed by atoms with Crippen LogP contribution in [0.3, 0.4) is 0 Å². The van der Waals surface area contributed by atoms with Crippen LogP contribution in [-0.2, 0) is 7.05 Å². The Morgan fingerprint density at radius 1 is 1.77 bits per heavy atom. The molecule has 0 spiro atoms. The summed E-state index contributed by atoms with van der Waals surface area (Å²) >= 11 is 0. The van der Waals surface area contributed by atoms with E-state index in [4.69, 9.17) is 6.42 Å². The van der Waals surface area contributed by atoms with Gasteiger partial charge in [-0.15, -0.1) is 12.3 Å². The van der Waals surface area contributed by atoms with Crippen LogP contribution in [0.2, 0.25) is 0 Å². The molecule has 13 heavy (non-hydrogen) atoms. The Morgan fingerprint density at radius 3 is 3.08 bits per heavy atom. The third kappa shape index (κ3) is 2.75. The van der Waals surface area contributed by atoms with Gasteiger partial charge in [0.1, 0.15) is 5.69 Å². The highest BCUT2D eigenvalue weighted by Crippen LogP contribution is 2.03. The molecule has 0 fully saturated rings. The van der Waals surface area contributed by atoms with Crippen LogP contribution in [0.4, 0.5) is 0 Å². The molecule has 1 aromatic heterocycles. The van der Waals surface area contributed by atoms with Crippen molar-refractivity contribution in [3.63, 3.8) is 0 Å². The summed E-state index contributed by atoms with van der Waals surface area (Å²) in [7, 11) is 1.79. The summed E-state index contributed by atoms with van der Waals surface area (Å²) in [4.78, 5) is 11.4. The Bertz CT molecular complexity index is 333. The highest BCUT2D eigenvalue weighted by atomic mass is 16.1. The van der Waals surface area contributed by atoms with Crippen LogP contribution in [0.1, 0.15) is 29.8 Å². The SMILES string of the molecule is C#CCCCC(=O)c1ccn(C)n1. The van der Waals surface area contributed by atoms with Gasteiger partial charge in [-0.25, -0.2) is 0 Å². The highest BCUT2D eigenvalue weighted by Gasteiger charge is 2.07. The number of carbonyl (C=O) groups is 1. The van der Waals surface area contributed by atoms with Crippen molar-refractivity contribution in [3.8, 4) is 12.3 Å². The van der Waals surface area contributed by atoms with Crippen molar-refractivity contribution in [1.82, 2.24) is 9.78 Å². The minimum atomic E-state index is 0.0656. The molecule has 0 saturated heterocycles. The molecular formula is C10H12N2O. The van der Waals surface area contributed by atoms with Gasteiger partial charge in [0, 0.05) is 26.1 Å². The first-order valence-electron chi connectivity index (χ1n) is 4.20. The number of aromatic nitrogens is 2. The van der Waals surface area contributed by atoms with Crippen LogP contribution in [0.25, 0.3) is 0 Å². The predicted molar refractivity (Wildman–Crippen MR) is 50.2 cm³/mol. The van der Waals surface area contributed by atoms with E-state index in [-0.39, 0.29) is 5.78 Å². The molecule has 0 N–H and O–H groups in total. The lowest BCUT2D eigenvalue weighted by Gasteiger charge is -1.93. The van der Waals surface area contributed by atoms with Crippen LogP contribution in [0.15, 0.2) is 12.3 Å². The smallest absolute Gasteiger partial charge is 0.183 e. The molecule has 0 saturated carbocycles. The van der Waals surface area contributed by atoms with Crippen molar-refractivity contribution in [2.75, 3.05) is 0 Å². The van der Waals surface area contributed by atoms with Crippen LogP contribution in [0.5, 0.6) is 0 Å². The number of rotatable bonds is 4. The van der Waals surface area contributed by atoms with Crippen LogP contribution in [-0.4, -0.2) is 15.6 Å². The molecule has 0 aliphatic carbocycles. The second-order valence-electron chi connectivity index (χ2n) is 2.86. The molecule has 3 nitrogen and oxygen atoms in total. The van der Waals surface area contributed by atoms with Gasteiger partial charge in [0.15, 0.2) is 5.78 Å². The number of aryl methyl sites for hydroxylation is 1. The average Bonchev–Trinajstić information content (AvgIpc) is 2.52. The third-order valence-electron chi connectivity index (χ3n) is 1.72. The minimum absolute atomic E-state index is 0.0656. The maximum Gasteiger partial charge on any atom is 0.183 e. The zero-order valence-corrected chi connectivity index (χ0v) is 7.66. The summed E-state index contributed by atoms with van der Waals surface area (Å²) in [6.45, 7) is 0. The number of hydrogen-bond donors (Lipinski definition) is 0. The average molecular weight is 176 g/mol. The van der Waals surface area contributed by atoms with Crippen molar-refractivity contribution in [2.24, 2.45) is 7.05 Å². The molecule has 0 aliphatic rings. The lowest BCUT2D eigenvalue weighted by atomic mass is 10.1. The molecule has 1 heterocycles. The summed E-state index contributed by atoms with van der Waals surface area (Å²) in [6, 6.07) is 1.72. The fourth-order valence-electron chi connectivity index (χ4n) is 1.04. The van der Waals surface area contributed by atoms with Gasteiger partial charge < -0.3 is 0 Å². The van der Waals surface area contributed by atoms with E-state index >= 15 is 0 Å². The quantitative estimate of drug-likeness (QED) is 0.395. The topological polar surface area (TPSA) is 34.9 Å². The molecule has 0 unspecified atom stereocenters. The van der Waals surface area contributed by atoms with E-state index in [1.54, 1.807) is 24.0 Å². The Morgan fingerprint density at radius 2 is 2.54 bits per heavy atom. The minimum Gasteiger partial charge on any atom is -0.292 e. The number of Topliss-reactive ketones (excluding diaryl/α,β-unsaturated/α-hetero) is 1. The first-order chi connectivity index (χ1) is 6.24. The molecule has 0 atom stereocenters. The van der Waals surface area contributed by atoms with Gasteiger partial charge in [-0.3, -0.25) is 9.48 Å². The summed E-state index contributed by atoms with van der Waals surface area (Å²) in [5, 5.41) is 4.00. The Balaban J connectivity index is 2.45. The van der Waals surface area contributed by atoms with Gasteiger partial charge >= 0.3 is 0 Å². The van der Waals surface area contributed by atoms with Crippen LogP contribution >= 0.6 is 0 Å². The lowest BCUT2D eigenvalue weighted by molar-refractivity contribution is 0.0975. The number of carbonyl (C=O) groups excluding carboxylic acids is 1. The van der Waals surface area contributed by atoms with Gasteiger partial charge in [-0.05, 0) is 12.5 Å². The molecule has 1 aromatic rings. The molecule has 1 rings (SSSR count). The summed E-state index contributed by atoms with van der Waals surface area (Å²) in [5.41, 5.74) is 0.527. The van der Waals surface area contributed by atoms with Gasteiger partial charge in [0.2, 0.25) is 0 Å². The monoisotopic (exact) mass is 176 g/mol. The van der Waals surface area contributed by atoms with Crippen molar-refractivity contribution < 1.29 is 4.79 Å². The second-order valence-corrected chi connectivity index (χ2v) is 2.86. The standard InChI is InChI=1S/C10H12N2O/c1-3-4-5-6-10(13)9-7-8-12(2)11-9/h1,7-8H,4-6H2,2H3. The van der Waals surface area contributed by atoms with E-state index in [0.29, 0.717) is 18.5 Å². The van der Waals surface area contributed by atoms with E-state index in [2.05, 4.69) is 11.0 Å². The maximum atomic E-state index is 11.4. The van der Waals surface area contributed by atoms with Gasteiger partial charge in [0.05, 0.1) is 0 Å². The largest absolute Gasteiger partial charge is 0.292 e. The normalized spacial score (nSPS) is 9.54. The number of terminal acetylenes is 1. The zero-order valence-electron chi connectivity index (χ0n) is 7.66. The molecular weight excluding hydrogens is 164 g/mol. The number of unbranched alkanes of at least 4 members (excludes halogenated alkanes) is 1. The van der Waals surface area contributed by atoms with Crippen molar-refractivity contribution in [3.05, 3.63) is 18.0 Å². The Hall–Kier alpha value is -1.56.